The molecule has 0 fully saturated rings. The summed E-state index contributed by atoms with van der Waals surface area (Å²) in [6.07, 6.45) is 1.70. The lowest BCUT2D eigenvalue weighted by atomic mass is 9.96. The van der Waals surface area contributed by atoms with E-state index in [-0.39, 0.29) is 11.5 Å². The van der Waals surface area contributed by atoms with Crippen LogP contribution < -0.4 is 10.5 Å². The van der Waals surface area contributed by atoms with Gasteiger partial charge in [-0.3, -0.25) is 0 Å². The van der Waals surface area contributed by atoms with Crippen molar-refractivity contribution >= 4 is 11.0 Å². The van der Waals surface area contributed by atoms with Gasteiger partial charge in [-0.2, -0.15) is 4.98 Å². The van der Waals surface area contributed by atoms with Crippen molar-refractivity contribution in [3.05, 3.63) is 24.3 Å². The number of fused-ring (bicyclic) bond motifs is 1. The van der Waals surface area contributed by atoms with E-state index < -0.39 is 0 Å². The van der Waals surface area contributed by atoms with Gasteiger partial charge in [-0.05, 0) is 25.0 Å². The molecule has 5 nitrogen and oxygen atoms in total. The van der Waals surface area contributed by atoms with Crippen LogP contribution in [-0.2, 0) is 0 Å². The lowest BCUT2D eigenvalue weighted by molar-refractivity contribution is 0.193. The van der Waals surface area contributed by atoms with Crippen LogP contribution in [0.3, 0.4) is 0 Å². The van der Waals surface area contributed by atoms with E-state index in [0.717, 1.165) is 23.9 Å². The number of ether oxygens (including phenoxy) is 1. The lowest BCUT2D eigenvalue weighted by Gasteiger charge is -2.25. The molecule has 0 atom stereocenters. The van der Waals surface area contributed by atoms with Crippen LogP contribution in [0.15, 0.2) is 24.3 Å². The number of aromatic nitrogens is 3. The van der Waals surface area contributed by atoms with Gasteiger partial charge in [-0.15, -0.1) is 5.10 Å². The summed E-state index contributed by atoms with van der Waals surface area (Å²) in [5.41, 5.74) is 7.37. The molecule has 0 bridgehead atoms. The van der Waals surface area contributed by atoms with Crippen molar-refractivity contribution in [2.45, 2.75) is 32.2 Å². The van der Waals surface area contributed by atoms with E-state index in [4.69, 9.17) is 10.5 Å². The summed E-state index contributed by atoms with van der Waals surface area (Å²) in [7, 11) is 0. The zero-order valence-electron chi connectivity index (χ0n) is 10.8. The van der Waals surface area contributed by atoms with Gasteiger partial charge >= 0.3 is 6.01 Å². The molecule has 96 valence electrons. The first-order valence-electron chi connectivity index (χ1n) is 6.18. The lowest BCUT2D eigenvalue weighted by Crippen LogP contribution is -2.44. The van der Waals surface area contributed by atoms with Crippen molar-refractivity contribution in [1.29, 1.82) is 0 Å². The van der Waals surface area contributed by atoms with E-state index in [9.17, 15) is 0 Å². The SMILES string of the molecule is CCC(N)(CC)COc1nnc2ccccc2n1. The quantitative estimate of drug-likeness (QED) is 0.872. The van der Waals surface area contributed by atoms with Crippen molar-refractivity contribution in [2.24, 2.45) is 5.73 Å². The number of para-hydroxylation sites is 1. The average Bonchev–Trinajstić information content (AvgIpc) is 2.44. The molecule has 0 unspecified atom stereocenters. The summed E-state index contributed by atoms with van der Waals surface area (Å²) >= 11 is 0. The van der Waals surface area contributed by atoms with Gasteiger partial charge in [0.05, 0.1) is 5.52 Å². The first kappa shape index (κ1) is 12.7. The summed E-state index contributed by atoms with van der Waals surface area (Å²) < 4.78 is 5.55. The molecule has 2 N–H and O–H groups in total. The minimum absolute atomic E-state index is 0.283. The largest absolute Gasteiger partial charge is 0.460 e. The third-order valence-corrected chi connectivity index (χ3v) is 3.24. The molecule has 1 heterocycles. The maximum absolute atomic E-state index is 6.16. The fourth-order valence-corrected chi connectivity index (χ4v) is 1.59. The Kier molecular flexibility index (Phi) is 3.72. The molecule has 18 heavy (non-hydrogen) atoms. The molecular formula is C13H18N4O. The average molecular weight is 246 g/mol. The molecule has 0 spiro atoms. The van der Waals surface area contributed by atoms with Crippen LogP contribution in [0.5, 0.6) is 6.01 Å². The maximum atomic E-state index is 6.16. The molecule has 0 amide bonds. The number of hydrogen-bond acceptors (Lipinski definition) is 5. The number of hydrogen-bond donors (Lipinski definition) is 1. The van der Waals surface area contributed by atoms with Crippen molar-refractivity contribution in [3.8, 4) is 6.01 Å². The fraction of sp³-hybridized carbons (Fsp3) is 0.462. The fourth-order valence-electron chi connectivity index (χ4n) is 1.59. The Morgan fingerprint density at radius 3 is 2.44 bits per heavy atom. The number of nitrogens with zero attached hydrogens (tertiary/aromatic N) is 3. The van der Waals surface area contributed by atoms with Crippen LogP contribution in [0.2, 0.25) is 0 Å². The Morgan fingerprint density at radius 2 is 1.78 bits per heavy atom. The monoisotopic (exact) mass is 246 g/mol. The molecule has 2 rings (SSSR count). The molecule has 1 aromatic heterocycles. The Balaban J connectivity index is 2.12. The van der Waals surface area contributed by atoms with Gasteiger partial charge in [0.15, 0.2) is 0 Å². The zero-order valence-corrected chi connectivity index (χ0v) is 10.8. The summed E-state index contributed by atoms with van der Waals surface area (Å²) in [6, 6.07) is 7.84. The molecular weight excluding hydrogens is 228 g/mol. The highest BCUT2D eigenvalue weighted by atomic mass is 16.5. The summed E-state index contributed by atoms with van der Waals surface area (Å²) in [5.74, 6) is 0. The van der Waals surface area contributed by atoms with Gasteiger partial charge in [0, 0.05) is 5.54 Å². The van der Waals surface area contributed by atoms with Gasteiger partial charge in [-0.1, -0.05) is 31.1 Å². The Hall–Kier alpha value is -1.75. The van der Waals surface area contributed by atoms with E-state index in [2.05, 4.69) is 15.2 Å². The van der Waals surface area contributed by atoms with Crippen LogP contribution in [0, 0.1) is 0 Å². The minimum atomic E-state index is -0.324. The highest BCUT2D eigenvalue weighted by Crippen LogP contribution is 2.14. The van der Waals surface area contributed by atoms with Crippen LogP contribution in [0.1, 0.15) is 26.7 Å². The smallest absolute Gasteiger partial charge is 0.336 e. The second kappa shape index (κ2) is 5.27. The van der Waals surface area contributed by atoms with Crippen LogP contribution >= 0.6 is 0 Å². The summed E-state index contributed by atoms with van der Waals surface area (Å²) in [4.78, 5) is 4.30. The Labute approximate surface area is 106 Å². The first-order chi connectivity index (χ1) is 8.67. The Morgan fingerprint density at radius 1 is 1.11 bits per heavy atom. The van der Waals surface area contributed by atoms with Crippen molar-refractivity contribution in [1.82, 2.24) is 15.2 Å². The van der Waals surface area contributed by atoms with E-state index in [1.807, 2.05) is 38.1 Å². The van der Waals surface area contributed by atoms with Gasteiger partial charge in [0.1, 0.15) is 12.1 Å². The van der Waals surface area contributed by atoms with E-state index in [1.54, 1.807) is 0 Å². The third-order valence-electron chi connectivity index (χ3n) is 3.24. The second-order valence-corrected chi connectivity index (χ2v) is 4.44. The van der Waals surface area contributed by atoms with Crippen molar-refractivity contribution in [3.63, 3.8) is 0 Å². The molecule has 0 radical (unpaired) electrons. The molecule has 2 aromatic rings. The second-order valence-electron chi connectivity index (χ2n) is 4.44. The summed E-state index contributed by atoms with van der Waals surface area (Å²) in [6.45, 7) is 4.50. The highest BCUT2D eigenvalue weighted by molar-refractivity contribution is 5.73. The topological polar surface area (TPSA) is 73.9 Å². The van der Waals surface area contributed by atoms with E-state index in [1.165, 1.54) is 0 Å². The zero-order chi connectivity index (χ0) is 13.0. The van der Waals surface area contributed by atoms with Crippen molar-refractivity contribution < 1.29 is 4.74 Å². The summed E-state index contributed by atoms with van der Waals surface area (Å²) in [5, 5.41) is 7.99. The Bertz CT molecular complexity index is 525. The third kappa shape index (κ3) is 2.73. The highest BCUT2D eigenvalue weighted by Gasteiger charge is 2.21. The predicted octanol–water partition coefficient (Wildman–Crippen LogP) is 1.92. The molecule has 0 aliphatic heterocycles. The van der Waals surface area contributed by atoms with Gasteiger partial charge in [0.2, 0.25) is 0 Å². The van der Waals surface area contributed by atoms with Crippen LogP contribution in [0.25, 0.3) is 11.0 Å². The maximum Gasteiger partial charge on any atom is 0.336 e. The molecule has 1 aromatic carbocycles. The molecule has 0 saturated heterocycles. The molecule has 0 aliphatic rings. The number of rotatable bonds is 5. The molecule has 5 heteroatoms. The minimum Gasteiger partial charge on any atom is -0.460 e. The molecule has 0 saturated carbocycles. The first-order valence-corrected chi connectivity index (χ1v) is 6.18. The van der Waals surface area contributed by atoms with Gasteiger partial charge in [-0.25, -0.2) is 0 Å². The predicted molar refractivity (Wildman–Crippen MR) is 70.3 cm³/mol. The number of nitrogens with two attached hydrogens (primary N) is 1. The normalized spacial score (nSPS) is 11.7. The standard InChI is InChI=1S/C13H18N4O/c1-3-13(14,4-2)9-18-12-15-10-7-5-6-8-11(10)16-17-12/h5-8H,3-4,9,14H2,1-2H3. The molecule has 0 aliphatic carbocycles. The van der Waals surface area contributed by atoms with E-state index >= 15 is 0 Å². The van der Waals surface area contributed by atoms with Crippen molar-refractivity contribution in [2.75, 3.05) is 6.61 Å². The van der Waals surface area contributed by atoms with Crippen LogP contribution in [0.4, 0.5) is 0 Å². The van der Waals surface area contributed by atoms with E-state index in [0.29, 0.717) is 6.61 Å². The van der Waals surface area contributed by atoms with Gasteiger partial charge < -0.3 is 10.5 Å². The number of benzene rings is 1. The van der Waals surface area contributed by atoms with Crippen LogP contribution in [-0.4, -0.2) is 27.3 Å². The van der Waals surface area contributed by atoms with Gasteiger partial charge in [0.25, 0.3) is 0 Å².